The summed E-state index contributed by atoms with van der Waals surface area (Å²) in [6.45, 7) is 0. The van der Waals surface area contributed by atoms with Crippen LogP contribution < -0.4 is 5.32 Å². The molecule has 1 N–H and O–H groups in total. The first-order chi connectivity index (χ1) is 9.69. The number of nitrogens with one attached hydrogen (secondary N) is 1. The summed E-state index contributed by atoms with van der Waals surface area (Å²) in [7, 11) is 1.77. The van der Waals surface area contributed by atoms with Crippen LogP contribution in [0, 0.1) is 5.82 Å². The van der Waals surface area contributed by atoms with E-state index in [0.29, 0.717) is 22.2 Å². The average Bonchev–Trinajstić information content (AvgIpc) is 2.46. The molecule has 0 saturated carbocycles. The molecule has 0 unspecified atom stereocenters. The van der Waals surface area contributed by atoms with Crippen LogP contribution >= 0.6 is 11.6 Å². The fraction of sp³-hybridized carbons (Fsp3) is 0.0667. The molecule has 0 fully saturated rings. The number of anilines is 1. The summed E-state index contributed by atoms with van der Waals surface area (Å²) in [6, 6.07) is 11.7. The van der Waals surface area contributed by atoms with Gasteiger partial charge in [0.05, 0.1) is 10.5 Å². The molecule has 0 aliphatic rings. The minimum absolute atomic E-state index is 0.330. The fourth-order valence-electron chi connectivity index (χ4n) is 2.06. The zero-order valence-electron chi connectivity index (χ0n) is 10.7. The van der Waals surface area contributed by atoms with Gasteiger partial charge in [0.1, 0.15) is 11.6 Å². The number of fused-ring (bicyclic) bond motifs is 1. The molecule has 3 rings (SSSR count). The molecular weight excluding hydrogens is 277 g/mol. The zero-order valence-corrected chi connectivity index (χ0v) is 11.4. The van der Waals surface area contributed by atoms with Gasteiger partial charge >= 0.3 is 0 Å². The van der Waals surface area contributed by atoms with E-state index in [1.807, 2.05) is 18.2 Å². The molecule has 0 bridgehead atoms. The van der Waals surface area contributed by atoms with E-state index in [4.69, 9.17) is 11.6 Å². The van der Waals surface area contributed by atoms with Gasteiger partial charge in [0.2, 0.25) is 0 Å². The van der Waals surface area contributed by atoms with E-state index < -0.39 is 0 Å². The van der Waals surface area contributed by atoms with Crippen molar-refractivity contribution in [2.45, 2.75) is 0 Å². The largest absolute Gasteiger partial charge is 0.373 e. The van der Waals surface area contributed by atoms with E-state index in [9.17, 15) is 4.39 Å². The molecule has 20 heavy (non-hydrogen) atoms. The van der Waals surface area contributed by atoms with Crippen LogP contribution in [0.25, 0.3) is 22.3 Å². The minimum atomic E-state index is -0.330. The molecular formula is C15H11ClFN3. The van der Waals surface area contributed by atoms with Crippen molar-refractivity contribution in [3.8, 4) is 11.4 Å². The maximum Gasteiger partial charge on any atom is 0.163 e. The van der Waals surface area contributed by atoms with E-state index in [2.05, 4.69) is 15.3 Å². The third kappa shape index (κ3) is 2.18. The second kappa shape index (κ2) is 5.06. The topological polar surface area (TPSA) is 37.8 Å². The Morgan fingerprint density at radius 3 is 2.65 bits per heavy atom. The third-order valence-corrected chi connectivity index (χ3v) is 3.34. The van der Waals surface area contributed by atoms with Gasteiger partial charge in [0.15, 0.2) is 5.82 Å². The number of nitrogens with zero attached hydrogens (tertiary/aromatic N) is 2. The summed E-state index contributed by atoms with van der Waals surface area (Å²) in [5.74, 6) is 0.784. The Balaban J connectivity index is 2.30. The molecule has 0 aliphatic heterocycles. The van der Waals surface area contributed by atoms with Gasteiger partial charge in [-0.2, -0.15) is 0 Å². The van der Waals surface area contributed by atoms with E-state index in [-0.39, 0.29) is 5.82 Å². The molecule has 3 aromatic rings. The summed E-state index contributed by atoms with van der Waals surface area (Å²) < 4.78 is 13.4. The number of benzene rings is 2. The van der Waals surface area contributed by atoms with Crippen molar-refractivity contribution in [3.63, 3.8) is 0 Å². The second-order valence-electron chi connectivity index (χ2n) is 4.29. The van der Waals surface area contributed by atoms with Gasteiger partial charge in [-0.25, -0.2) is 14.4 Å². The number of hydrogen-bond donors (Lipinski definition) is 1. The summed E-state index contributed by atoms with van der Waals surface area (Å²) in [5.41, 5.74) is 1.26. The SMILES string of the molecule is CNc1nc(-c2ccccc2Cl)nc2cc(F)ccc12. The quantitative estimate of drug-likeness (QED) is 0.770. The monoisotopic (exact) mass is 287 g/mol. The summed E-state index contributed by atoms with van der Waals surface area (Å²) in [4.78, 5) is 8.85. The Kier molecular flexibility index (Phi) is 3.24. The van der Waals surface area contributed by atoms with Gasteiger partial charge in [-0.3, -0.25) is 0 Å². The van der Waals surface area contributed by atoms with Crippen molar-refractivity contribution in [1.82, 2.24) is 9.97 Å². The van der Waals surface area contributed by atoms with Crippen LogP contribution in [0.15, 0.2) is 42.5 Å². The first-order valence-electron chi connectivity index (χ1n) is 6.09. The lowest BCUT2D eigenvalue weighted by Gasteiger charge is -2.09. The Bertz CT molecular complexity index is 789. The number of rotatable bonds is 2. The van der Waals surface area contributed by atoms with Crippen molar-refractivity contribution in [2.24, 2.45) is 0 Å². The minimum Gasteiger partial charge on any atom is -0.373 e. The third-order valence-electron chi connectivity index (χ3n) is 3.01. The van der Waals surface area contributed by atoms with Gasteiger partial charge in [-0.05, 0) is 24.3 Å². The molecule has 100 valence electrons. The molecule has 3 nitrogen and oxygen atoms in total. The number of halogens is 2. The standard InChI is InChI=1S/C15H11ClFN3/c1-18-14-11-7-6-9(17)8-13(11)19-15(20-14)10-4-2-3-5-12(10)16/h2-8H,1H3,(H,18,19,20). The molecule has 0 saturated heterocycles. The van der Waals surface area contributed by atoms with E-state index in [1.165, 1.54) is 12.1 Å². The predicted molar refractivity (Wildman–Crippen MR) is 79.5 cm³/mol. The fourth-order valence-corrected chi connectivity index (χ4v) is 2.28. The van der Waals surface area contributed by atoms with Crippen molar-refractivity contribution < 1.29 is 4.39 Å². The summed E-state index contributed by atoms with van der Waals surface area (Å²) in [6.07, 6.45) is 0. The molecule has 0 atom stereocenters. The molecule has 2 aromatic carbocycles. The molecule has 0 amide bonds. The number of aromatic nitrogens is 2. The smallest absolute Gasteiger partial charge is 0.163 e. The molecule has 0 spiro atoms. The van der Waals surface area contributed by atoms with Gasteiger partial charge in [-0.15, -0.1) is 0 Å². The molecule has 0 radical (unpaired) electrons. The van der Waals surface area contributed by atoms with Gasteiger partial charge in [0, 0.05) is 24.1 Å². The Morgan fingerprint density at radius 1 is 1.10 bits per heavy atom. The van der Waals surface area contributed by atoms with Crippen molar-refractivity contribution >= 4 is 28.3 Å². The second-order valence-corrected chi connectivity index (χ2v) is 4.69. The van der Waals surface area contributed by atoms with E-state index >= 15 is 0 Å². The van der Waals surface area contributed by atoms with Crippen molar-refractivity contribution in [2.75, 3.05) is 12.4 Å². The van der Waals surface area contributed by atoms with Gasteiger partial charge < -0.3 is 5.32 Å². The normalized spacial score (nSPS) is 10.8. The first-order valence-corrected chi connectivity index (χ1v) is 6.47. The molecule has 1 heterocycles. The van der Waals surface area contributed by atoms with Crippen LogP contribution in [0.4, 0.5) is 10.2 Å². The van der Waals surface area contributed by atoms with Crippen LogP contribution in [-0.2, 0) is 0 Å². The number of hydrogen-bond acceptors (Lipinski definition) is 3. The van der Waals surface area contributed by atoms with Crippen LogP contribution in [0.2, 0.25) is 5.02 Å². The van der Waals surface area contributed by atoms with Crippen molar-refractivity contribution in [1.29, 1.82) is 0 Å². The lowest BCUT2D eigenvalue weighted by molar-refractivity contribution is 0.629. The summed E-state index contributed by atoms with van der Waals surface area (Å²) >= 11 is 6.16. The maximum atomic E-state index is 13.4. The van der Waals surface area contributed by atoms with Crippen LogP contribution in [-0.4, -0.2) is 17.0 Å². The maximum absolute atomic E-state index is 13.4. The summed E-state index contributed by atoms with van der Waals surface area (Å²) in [5, 5.41) is 4.33. The van der Waals surface area contributed by atoms with Crippen molar-refractivity contribution in [3.05, 3.63) is 53.3 Å². The molecule has 0 aliphatic carbocycles. The Labute approximate surface area is 120 Å². The highest BCUT2D eigenvalue weighted by atomic mass is 35.5. The van der Waals surface area contributed by atoms with Gasteiger partial charge in [0.25, 0.3) is 0 Å². The van der Waals surface area contributed by atoms with Crippen LogP contribution in [0.3, 0.4) is 0 Å². The highest BCUT2D eigenvalue weighted by Crippen LogP contribution is 2.29. The predicted octanol–water partition coefficient (Wildman–Crippen LogP) is 4.13. The molecule has 1 aromatic heterocycles. The van der Waals surface area contributed by atoms with Crippen LogP contribution in [0.5, 0.6) is 0 Å². The lowest BCUT2D eigenvalue weighted by atomic mass is 10.2. The van der Waals surface area contributed by atoms with Gasteiger partial charge in [-0.1, -0.05) is 23.7 Å². The zero-order chi connectivity index (χ0) is 14.1. The van der Waals surface area contributed by atoms with E-state index in [0.717, 1.165) is 10.9 Å². The highest BCUT2D eigenvalue weighted by Gasteiger charge is 2.11. The first kappa shape index (κ1) is 12.8. The van der Waals surface area contributed by atoms with Crippen LogP contribution in [0.1, 0.15) is 0 Å². The molecule has 5 heteroatoms. The average molecular weight is 288 g/mol. The Hall–Kier alpha value is -2.20. The van der Waals surface area contributed by atoms with E-state index in [1.54, 1.807) is 19.2 Å². The highest BCUT2D eigenvalue weighted by molar-refractivity contribution is 6.33. The Morgan fingerprint density at radius 2 is 1.90 bits per heavy atom. The lowest BCUT2D eigenvalue weighted by Crippen LogP contribution is -1.99.